The third-order valence-electron chi connectivity index (χ3n) is 4.16. The third-order valence-corrected chi connectivity index (χ3v) is 4.16. The number of carbonyl (C=O) groups is 1. The average molecular weight is 365 g/mol. The predicted octanol–water partition coefficient (Wildman–Crippen LogP) is 5.11. The molecule has 0 atom stereocenters. The second kappa shape index (κ2) is 7.95. The maximum Gasteiger partial charge on any atom is 0.261 e. The molecule has 1 aromatic heterocycles. The average Bonchev–Trinajstić information content (AvgIpc) is 3.06. The van der Waals surface area contributed by atoms with Crippen LogP contribution in [-0.2, 0) is 0 Å². The molecule has 6 nitrogen and oxygen atoms in total. The van der Waals surface area contributed by atoms with Gasteiger partial charge in [-0.15, -0.1) is 0 Å². The van der Waals surface area contributed by atoms with E-state index in [0.29, 0.717) is 22.7 Å². The van der Waals surface area contributed by atoms with Gasteiger partial charge in [-0.3, -0.25) is 4.79 Å². The summed E-state index contributed by atoms with van der Waals surface area (Å²) in [6, 6.07) is 15.2. The Labute approximate surface area is 158 Å². The van der Waals surface area contributed by atoms with E-state index in [1.165, 1.54) is 0 Å². The summed E-state index contributed by atoms with van der Waals surface area (Å²) in [6.07, 6.45) is 0. The summed E-state index contributed by atoms with van der Waals surface area (Å²) < 4.78 is 10.4. The van der Waals surface area contributed by atoms with Crippen LogP contribution in [0, 0.1) is 6.92 Å². The van der Waals surface area contributed by atoms with Crippen molar-refractivity contribution < 1.29 is 14.1 Å². The Hall–Kier alpha value is -3.28. The number of hydrogen-bond acceptors (Lipinski definition) is 5. The molecule has 1 heterocycles. The van der Waals surface area contributed by atoms with Crippen LogP contribution in [-0.4, -0.2) is 18.2 Å². The van der Waals surface area contributed by atoms with Crippen LogP contribution in [0.4, 0.5) is 17.1 Å². The van der Waals surface area contributed by atoms with Gasteiger partial charge in [-0.05, 0) is 55.5 Å². The molecule has 0 saturated heterocycles. The minimum Gasteiger partial charge on any atom is -0.497 e. The van der Waals surface area contributed by atoms with Gasteiger partial charge in [0.2, 0.25) is 0 Å². The molecule has 3 aromatic rings. The molecule has 0 saturated carbocycles. The van der Waals surface area contributed by atoms with Gasteiger partial charge >= 0.3 is 0 Å². The van der Waals surface area contributed by atoms with Crippen molar-refractivity contribution in [3.05, 3.63) is 65.5 Å². The van der Waals surface area contributed by atoms with Crippen molar-refractivity contribution in [1.82, 2.24) is 5.16 Å². The second-order valence-electron chi connectivity index (χ2n) is 6.55. The monoisotopic (exact) mass is 365 g/mol. The molecule has 0 spiro atoms. The summed E-state index contributed by atoms with van der Waals surface area (Å²) in [7, 11) is 1.64. The van der Waals surface area contributed by atoms with Crippen LogP contribution >= 0.6 is 0 Å². The Kier molecular flexibility index (Phi) is 5.45. The Bertz CT molecular complexity index is 913. The van der Waals surface area contributed by atoms with Gasteiger partial charge in [-0.25, -0.2) is 0 Å². The Morgan fingerprint density at radius 1 is 1.00 bits per heavy atom. The van der Waals surface area contributed by atoms with E-state index in [2.05, 4.69) is 15.8 Å². The standard InChI is InChI=1S/C21H23N3O3/c1-13(2)20-19(14(3)24-27-20)21(25)23-17-7-5-15(6-8-17)22-16-9-11-18(26-4)12-10-16/h5-13,22H,1-4H3,(H,23,25). The highest BCUT2D eigenvalue weighted by Crippen LogP contribution is 2.25. The number of rotatable bonds is 6. The first-order chi connectivity index (χ1) is 13.0. The highest BCUT2D eigenvalue weighted by atomic mass is 16.5. The molecular formula is C21H23N3O3. The van der Waals surface area contributed by atoms with E-state index in [1.54, 1.807) is 14.0 Å². The molecule has 0 bridgehead atoms. The number of ether oxygens (including phenoxy) is 1. The molecule has 140 valence electrons. The van der Waals surface area contributed by atoms with E-state index >= 15 is 0 Å². The maximum atomic E-state index is 12.6. The van der Waals surface area contributed by atoms with Crippen LogP contribution in [0.25, 0.3) is 0 Å². The lowest BCUT2D eigenvalue weighted by Crippen LogP contribution is -2.14. The molecule has 3 rings (SSSR count). The van der Waals surface area contributed by atoms with E-state index in [9.17, 15) is 4.79 Å². The van der Waals surface area contributed by atoms with E-state index < -0.39 is 0 Å². The smallest absolute Gasteiger partial charge is 0.261 e. The number of aryl methyl sites for hydroxylation is 1. The van der Waals surface area contributed by atoms with Crippen molar-refractivity contribution in [3.8, 4) is 5.75 Å². The number of carbonyl (C=O) groups excluding carboxylic acids is 1. The SMILES string of the molecule is COc1ccc(Nc2ccc(NC(=O)c3c(C)noc3C(C)C)cc2)cc1. The van der Waals surface area contributed by atoms with E-state index in [4.69, 9.17) is 9.26 Å². The number of benzene rings is 2. The number of nitrogens with one attached hydrogen (secondary N) is 2. The topological polar surface area (TPSA) is 76.4 Å². The fourth-order valence-electron chi connectivity index (χ4n) is 2.73. The van der Waals surface area contributed by atoms with Gasteiger partial charge in [0.05, 0.1) is 12.8 Å². The molecule has 0 aliphatic heterocycles. The van der Waals surface area contributed by atoms with Gasteiger partial charge < -0.3 is 19.9 Å². The van der Waals surface area contributed by atoms with Gasteiger partial charge in [0.15, 0.2) is 5.76 Å². The maximum absolute atomic E-state index is 12.6. The number of aromatic nitrogens is 1. The number of hydrogen-bond donors (Lipinski definition) is 2. The van der Waals surface area contributed by atoms with Crippen LogP contribution in [0.5, 0.6) is 5.75 Å². The van der Waals surface area contributed by atoms with Gasteiger partial charge in [0, 0.05) is 23.0 Å². The summed E-state index contributed by atoms with van der Waals surface area (Å²) in [5.41, 5.74) is 3.67. The van der Waals surface area contributed by atoms with Crippen LogP contribution < -0.4 is 15.4 Å². The Balaban J connectivity index is 1.68. The molecule has 0 aliphatic carbocycles. The fraction of sp³-hybridized carbons (Fsp3) is 0.238. The van der Waals surface area contributed by atoms with Gasteiger partial charge in [0.25, 0.3) is 5.91 Å². The first-order valence-corrected chi connectivity index (χ1v) is 8.76. The zero-order valence-corrected chi connectivity index (χ0v) is 15.9. The fourth-order valence-corrected chi connectivity index (χ4v) is 2.73. The molecule has 0 radical (unpaired) electrons. The van der Waals surface area contributed by atoms with Crippen molar-refractivity contribution in [1.29, 1.82) is 0 Å². The largest absolute Gasteiger partial charge is 0.497 e. The Morgan fingerprint density at radius 3 is 2.11 bits per heavy atom. The van der Waals surface area contributed by atoms with Crippen LogP contribution in [0.2, 0.25) is 0 Å². The van der Waals surface area contributed by atoms with Crippen molar-refractivity contribution in [2.24, 2.45) is 0 Å². The lowest BCUT2D eigenvalue weighted by atomic mass is 10.0. The lowest BCUT2D eigenvalue weighted by Gasteiger charge is -2.10. The highest BCUT2D eigenvalue weighted by molar-refractivity contribution is 6.05. The number of methoxy groups -OCH3 is 1. The molecule has 2 N–H and O–H groups in total. The summed E-state index contributed by atoms with van der Waals surface area (Å²) in [4.78, 5) is 12.6. The molecule has 6 heteroatoms. The second-order valence-corrected chi connectivity index (χ2v) is 6.55. The molecule has 27 heavy (non-hydrogen) atoms. The van der Waals surface area contributed by atoms with Crippen molar-refractivity contribution in [2.75, 3.05) is 17.7 Å². The zero-order valence-electron chi connectivity index (χ0n) is 15.9. The summed E-state index contributed by atoms with van der Waals surface area (Å²) >= 11 is 0. The lowest BCUT2D eigenvalue weighted by molar-refractivity contribution is 0.102. The van der Waals surface area contributed by atoms with Gasteiger partial charge in [0.1, 0.15) is 11.3 Å². The van der Waals surface area contributed by atoms with Crippen molar-refractivity contribution in [2.45, 2.75) is 26.7 Å². The number of nitrogens with zero attached hydrogens (tertiary/aromatic N) is 1. The quantitative estimate of drug-likeness (QED) is 0.635. The van der Waals surface area contributed by atoms with E-state index in [1.807, 2.05) is 62.4 Å². The molecule has 0 aliphatic rings. The van der Waals surface area contributed by atoms with E-state index in [-0.39, 0.29) is 11.8 Å². The van der Waals surface area contributed by atoms with Crippen LogP contribution in [0.3, 0.4) is 0 Å². The minimum absolute atomic E-state index is 0.0861. The predicted molar refractivity (Wildman–Crippen MR) is 106 cm³/mol. The third kappa shape index (κ3) is 4.28. The van der Waals surface area contributed by atoms with Gasteiger partial charge in [-0.2, -0.15) is 0 Å². The van der Waals surface area contributed by atoms with Gasteiger partial charge in [-0.1, -0.05) is 19.0 Å². The van der Waals surface area contributed by atoms with Crippen LogP contribution in [0.1, 0.15) is 41.6 Å². The molecule has 0 fully saturated rings. The highest BCUT2D eigenvalue weighted by Gasteiger charge is 2.22. The van der Waals surface area contributed by atoms with E-state index in [0.717, 1.165) is 17.1 Å². The minimum atomic E-state index is -0.215. The number of anilines is 3. The summed E-state index contributed by atoms with van der Waals surface area (Å²) in [5, 5.41) is 10.1. The molecule has 0 unspecified atom stereocenters. The summed E-state index contributed by atoms with van der Waals surface area (Å²) in [6.45, 7) is 5.71. The molecular weight excluding hydrogens is 342 g/mol. The first-order valence-electron chi connectivity index (χ1n) is 8.76. The number of amides is 1. The van der Waals surface area contributed by atoms with Crippen molar-refractivity contribution in [3.63, 3.8) is 0 Å². The van der Waals surface area contributed by atoms with Crippen LogP contribution in [0.15, 0.2) is 53.1 Å². The summed E-state index contributed by atoms with van der Waals surface area (Å²) in [5.74, 6) is 1.28. The Morgan fingerprint density at radius 2 is 1.56 bits per heavy atom. The molecule has 1 amide bonds. The normalized spacial score (nSPS) is 10.7. The zero-order chi connectivity index (χ0) is 19.4. The first kappa shape index (κ1) is 18.5. The van der Waals surface area contributed by atoms with Crippen molar-refractivity contribution >= 4 is 23.0 Å². The molecule has 2 aromatic carbocycles.